The average molecular weight is 313 g/mol. The molecule has 0 aliphatic carbocycles. The summed E-state index contributed by atoms with van der Waals surface area (Å²) in [7, 11) is 2.33. The van der Waals surface area contributed by atoms with Gasteiger partial charge in [0.05, 0.1) is 0 Å². The maximum Gasteiger partial charge on any atom is 0.113 e. The lowest BCUT2D eigenvalue weighted by Gasteiger charge is -2.36. The fourth-order valence-electron chi connectivity index (χ4n) is 4.14. The van der Waals surface area contributed by atoms with Crippen molar-refractivity contribution in [2.24, 2.45) is 5.41 Å². The van der Waals surface area contributed by atoms with Crippen molar-refractivity contribution in [2.75, 3.05) is 0 Å². The van der Waals surface area contributed by atoms with Gasteiger partial charge in [-0.05, 0) is 40.2 Å². The van der Waals surface area contributed by atoms with E-state index in [4.69, 9.17) is 0 Å². The SMILES string of the molecule is C[B]C(C)(C)CC(C)(C)c1ccc(C(C)(C)CC(C)(C)C)cc1. The zero-order valence-electron chi connectivity index (χ0n) is 17.3. The summed E-state index contributed by atoms with van der Waals surface area (Å²) in [4.78, 5) is 0. The van der Waals surface area contributed by atoms with Crippen LogP contribution >= 0.6 is 0 Å². The van der Waals surface area contributed by atoms with Crippen LogP contribution in [0.5, 0.6) is 0 Å². The summed E-state index contributed by atoms with van der Waals surface area (Å²) >= 11 is 0. The molecule has 1 heteroatoms. The van der Waals surface area contributed by atoms with Gasteiger partial charge < -0.3 is 0 Å². The Kier molecular flexibility index (Phi) is 5.88. The van der Waals surface area contributed by atoms with E-state index >= 15 is 0 Å². The Morgan fingerprint density at radius 1 is 0.652 bits per heavy atom. The lowest BCUT2D eigenvalue weighted by atomic mass is 9.51. The second kappa shape index (κ2) is 6.65. The maximum atomic E-state index is 2.37. The van der Waals surface area contributed by atoms with Gasteiger partial charge in [-0.25, -0.2) is 0 Å². The first-order valence-corrected chi connectivity index (χ1v) is 9.10. The molecule has 1 aromatic carbocycles. The van der Waals surface area contributed by atoms with Crippen LogP contribution in [0.25, 0.3) is 0 Å². The smallest absolute Gasteiger partial charge is 0.0914 e. The van der Waals surface area contributed by atoms with Gasteiger partial charge >= 0.3 is 0 Å². The Balaban J connectivity index is 3.00. The fraction of sp³-hybridized carbons (Fsp3) is 0.727. The van der Waals surface area contributed by atoms with Gasteiger partial charge in [0.1, 0.15) is 7.28 Å². The molecule has 0 N–H and O–H groups in total. The summed E-state index contributed by atoms with van der Waals surface area (Å²) in [5, 5.41) is 0.272. The third kappa shape index (κ3) is 6.01. The Labute approximate surface area is 146 Å². The summed E-state index contributed by atoms with van der Waals surface area (Å²) in [5.41, 5.74) is 3.67. The zero-order valence-corrected chi connectivity index (χ0v) is 17.3. The highest BCUT2D eigenvalue weighted by molar-refractivity contribution is 6.37. The summed E-state index contributed by atoms with van der Waals surface area (Å²) in [6.45, 7) is 23.3. The first kappa shape index (κ1) is 20.3. The van der Waals surface area contributed by atoms with Crippen molar-refractivity contribution in [1.29, 1.82) is 0 Å². The van der Waals surface area contributed by atoms with E-state index in [1.54, 1.807) is 0 Å². The van der Waals surface area contributed by atoms with Gasteiger partial charge in [-0.1, -0.05) is 98.7 Å². The van der Waals surface area contributed by atoms with Crippen LogP contribution in [0.2, 0.25) is 12.1 Å². The molecule has 23 heavy (non-hydrogen) atoms. The number of benzene rings is 1. The molecule has 0 nitrogen and oxygen atoms in total. The molecular weight excluding hydrogens is 275 g/mol. The fourth-order valence-corrected chi connectivity index (χ4v) is 4.14. The molecule has 0 unspecified atom stereocenters. The third-order valence-electron chi connectivity index (χ3n) is 5.10. The van der Waals surface area contributed by atoms with Crippen LogP contribution in [0.15, 0.2) is 24.3 Å². The molecule has 0 aromatic heterocycles. The highest BCUT2D eigenvalue weighted by Crippen LogP contribution is 2.41. The average Bonchev–Trinajstić information content (AvgIpc) is 2.35. The zero-order chi connectivity index (χ0) is 18.1. The van der Waals surface area contributed by atoms with Crippen molar-refractivity contribution in [1.82, 2.24) is 0 Å². The van der Waals surface area contributed by atoms with Crippen molar-refractivity contribution in [3.63, 3.8) is 0 Å². The molecule has 0 amide bonds. The molecule has 0 heterocycles. The predicted octanol–water partition coefficient (Wildman–Crippen LogP) is 7.02. The van der Waals surface area contributed by atoms with Crippen LogP contribution in [0.3, 0.4) is 0 Å². The number of hydrogen-bond acceptors (Lipinski definition) is 0. The summed E-state index contributed by atoms with van der Waals surface area (Å²) in [6.07, 6.45) is 2.36. The number of rotatable bonds is 6. The Morgan fingerprint density at radius 2 is 1.00 bits per heavy atom. The van der Waals surface area contributed by atoms with E-state index in [2.05, 4.69) is 101 Å². The van der Waals surface area contributed by atoms with Crippen molar-refractivity contribution >= 4 is 7.28 Å². The largest absolute Gasteiger partial charge is 0.113 e. The van der Waals surface area contributed by atoms with E-state index in [1.165, 1.54) is 24.0 Å². The van der Waals surface area contributed by atoms with Crippen LogP contribution in [0.4, 0.5) is 0 Å². The van der Waals surface area contributed by atoms with Gasteiger partial charge in [0.15, 0.2) is 0 Å². The minimum absolute atomic E-state index is 0.197. The van der Waals surface area contributed by atoms with E-state index in [9.17, 15) is 0 Å². The Hall–Kier alpha value is -0.715. The van der Waals surface area contributed by atoms with Gasteiger partial charge in [0, 0.05) is 0 Å². The molecule has 0 atom stereocenters. The Bertz CT molecular complexity index is 498. The summed E-state index contributed by atoms with van der Waals surface area (Å²) in [6, 6.07) is 9.41. The van der Waals surface area contributed by atoms with E-state index in [-0.39, 0.29) is 16.1 Å². The first-order chi connectivity index (χ1) is 10.2. The van der Waals surface area contributed by atoms with E-state index in [0.29, 0.717) is 5.41 Å². The van der Waals surface area contributed by atoms with Crippen LogP contribution in [-0.2, 0) is 10.8 Å². The monoisotopic (exact) mass is 313 g/mol. The van der Waals surface area contributed by atoms with E-state index in [0.717, 1.165) is 0 Å². The predicted molar refractivity (Wildman–Crippen MR) is 107 cm³/mol. The molecule has 1 rings (SSSR count). The topological polar surface area (TPSA) is 0 Å². The van der Waals surface area contributed by atoms with Crippen molar-refractivity contribution in [3.8, 4) is 0 Å². The molecule has 0 aliphatic rings. The minimum Gasteiger partial charge on any atom is -0.0914 e. The van der Waals surface area contributed by atoms with Gasteiger partial charge in [-0.3, -0.25) is 0 Å². The molecule has 1 radical (unpaired) electrons. The maximum absolute atomic E-state index is 2.37. The second-order valence-electron chi connectivity index (χ2n) is 10.5. The molecule has 0 fully saturated rings. The molecule has 0 saturated carbocycles. The standard InChI is InChI=1S/C22H38B/c1-19(2,3)15-20(4,5)17-11-13-18(14-12-17)21(6,7)16-22(8,9)23-10/h11-14H,15-16H2,1-10H3. The summed E-state index contributed by atoms with van der Waals surface area (Å²) in [5.74, 6) is 0. The van der Waals surface area contributed by atoms with Gasteiger partial charge in [0.2, 0.25) is 0 Å². The van der Waals surface area contributed by atoms with Crippen molar-refractivity contribution in [3.05, 3.63) is 35.4 Å². The molecule has 1 aromatic rings. The van der Waals surface area contributed by atoms with Crippen LogP contribution in [0, 0.1) is 5.41 Å². The summed E-state index contributed by atoms with van der Waals surface area (Å²) < 4.78 is 0. The second-order valence-corrected chi connectivity index (χ2v) is 10.5. The lowest BCUT2D eigenvalue weighted by Crippen LogP contribution is -2.27. The van der Waals surface area contributed by atoms with E-state index < -0.39 is 0 Å². The normalized spacial score (nSPS) is 14.0. The molecule has 129 valence electrons. The van der Waals surface area contributed by atoms with Crippen LogP contribution in [-0.4, -0.2) is 7.28 Å². The van der Waals surface area contributed by atoms with Crippen LogP contribution < -0.4 is 0 Å². The molecular formula is C22H38B. The highest BCUT2D eigenvalue weighted by Gasteiger charge is 2.31. The first-order valence-electron chi connectivity index (χ1n) is 9.10. The Morgan fingerprint density at radius 3 is 1.30 bits per heavy atom. The molecule has 0 bridgehead atoms. The third-order valence-corrected chi connectivity index (χ3v) is 5.10. The highest BCUT2D eigenvalue weighted by atomic mass is 14.3. The van der Waals surface area contributed by atoms with Crippen molar-refractivity contribution in [2.45, 2.75) is 98.1 Å². The van der Waals surface area contributed by atoms with E-state index in [1.807, 2.05) is 0 Å². The molecule has 0 saturated heterocycles. The quantitative estimate of drug-likeness (QED) is 0.495. The number of hydrogen-bond donors (Lipinski definition) is 0. The molecule has 0 aliphatic heterocycles. The van der Waals surface area contributed by atoms with Gasteiger partial charge in [-0.2, -0.15) is 0 Å². The minimum atomic E-state index is 0.197. The van der Waals surface area contributed by atoms with Crippen molar-refractivity contribution < 1.29 is 0 Å². The van der Waals surface area contributed by atoms with Crippen LogP contribution in [0.1, 0.15) is 86.3 Å². The molecule has 0 spiro atoms. The lowest BCUT2D eigenvalue weighted by molar-refractivity contribution is 0.284. The van der Waals surface area contributed by atoms with Gasteiger partial charge in [0.25, 0.3) is 0 Å². The van der Waals surface area contributed by atoms with Gasteiger partial charge in [-0.15, -0.1) is 0 Å².